The molecule has 4 nitrogen and oxygen atoms in total. The highest BCUT2D eigenvalue weighted by Crippen LogP contribution is 2.37. The van der Waals surface area contributed by atoms with E-state index in [1.165, 1.54) is 21.7 Å². The Kier molecular flexibility index (Phi) is 6.78. The minimum Gasteiger partial charge on any atom is -0.309 e. The van der Waals surface area contributed by atoms with Crippen molar-refractivity contribution < 1.29 is 0 Å². The van der Waals surface area contributed by atoms with Crippen LogP contribution < -0.4 is 0 Å². The van der Waals surface area contributed by atoms with Gasteiger partial charge in [-0.25, -0.2) is 15.0 Å². The highest BCUT2D eigenvalue weighted by molar-refractivity contribution is 6.11. The summed E-state index contributed by atoms with van der Waals surface area (Å²) in [6.07, 6.45) is 0. The monoisotopic (exact) mass is 650 g/mol. The summed E-state index contributed by atoms with van der Waals surface area (Å²) in [7, 11) is 0. The van der Waals surface area contributed by atoms with E-state index in [2.05, 4.69) is 180 Å². The van der Waals surface area contributed by atoms with Gasteiger partial charge in [-0.3, -0.25) is 0 Å². The lowest BCUT2D eigenvalue weighted by Gasteiger charge is -2.15. The Bertz CT molecular complexity index is 2850. The lowest BCUT2D eigenvalue weighted by Crippen LogP contribution is -2.02. The highest BCUT2D eigenvalue weighted by atomic mass is 15.0. The van der Waals surface area contributed by atoms with Gasteiger partial charge in [0.2, 0.25) is 0 Å². The van der Waals surface area contributed by atoms with E-state index in [1.807, 2.05) is 6.07 Å². The van der Waals surface area contributed by atoms with Gasteiger partial charge in [0.15, 0.2) is 17.5 Å². The molecular weight excluding hydrogens is 621 g/mol. The van der Waals surface area contributed by atoms with E-state index >= 15 is 0 Å². The van der Waals surface area contributed by atoms with Crippen LogP contribution in [0.5, 0.6) is 0 Å². The number of aromatic nitrogens is 4. The van der Waals surface area contributed by atoms with Crippen molar-refractivity contribution in [3.63, 3.8) is 0 Å². The molecule has 0 unspecified atom stereocenters. The molecule has 0 N–H and O–H groups in total. The van der Waals surface area contributed by atoms with Crippen LogP contribution in [-0.2, 0) is 0 Å². The summed E-state index contributed by atoms with van der Waals surface area (Å²) in [5, 5.41) is 7.05. The van der Waals surface area contributed by atoms with Crippen LogP contribution in [-0.4, -0.2) is 19.5 Å². The number of rotatable bonds is 5. The molecule has 4 heteroatoms. The van der Waals surface area contributed by atoms with Gasteiger partial charge in [0.05, 0.1) is 16.7 Å². The Labute approximate surface area is 295 Å². The number of benzene rings is 8. The third kappa shape index (κ3) is 5.04. The van der Waals surface area contributed by atoms with E-state index in [4.69, 9.17) is 15.0 Å². The van der Waals surface area contributed by atoms with Crippen LogP contribution in [0.1, 0.15) is 0 Å². The summed E-state index contributed by atoms with van der Waals surface area (Å²) in [4.78, 5) is 15.5. The summed E-state index contributed by atoms with van der Waals surface area (Å²) in [5.41, 5.74) is 8.53. The normalized spacial score (nSPS) is 11.5. The zero-order valence-corrected chi connectivity index (χ0v) is 27.6. The predicted molar refractivity (Wildman–Crippen MR) is 211 cm³/mol. The first-order chi connectivity index (χ1) is 25.3. The van der Waals surface area contributed by atoms with Gasteiger partial charge in [0.1, 0.15) is 0 Å². The molecular formula is C47H30N4. The molecule has 8 aromatic carbocycles. The fraction of sp³-hybridized carbons (Fsp3) is 0. The number of hydrogen-bond acceptors (Lipinski definition) is 3. The van der Waals surface area contributed by atoms with E-state index in [9.17, 15) is 0 Å². The van der Waals surface area contributed by atoms with Crippen LogP contribution in [0.3, 0.4) is 0 Å². The zero-order chi connectivity index (χ0) is 33.7. The van der Waals surface area contributed by atoms with Crippen LogP contribution >= 0.6 is 0 Å². The molecule has 10 aromatic rings. The standard InChI is InChI=1S/C47H30N4/c1-2-12-31(13-3-1)33-22-25-34(26-23-33)45-48-46(37-27-24-32-14-4-5-15-35(32)28-37)50-47(49-45)38-29-36-16-6-7-17-39(36)44(30-38)51-42-20-10-8-18-40(42)41-19-9-11-21-43(41)51/h1-30H. The number of para-hydroxylation sites is 2. The molecule has 10 rings (SSSR count). The van der Waals surface area contributed by atoms with Crippen LogP contribution in [0, 0.1) is 0 Å². The summed E-state index contributed by atoms with van der Waals surface area (Å²) >= 11 is 0. The first-order valence-electron chi connectivity index (χ1n) is 17.2. The second-order valence-electron chi connectivity index (χ2n) is 12.9. The molecule has 0 fully saturated rings. The fourth-order valence-corrected chi connectivity index (χ4v) is 7.32. The highest BCUT2D eigenvalue weighted by Gasteiger charge is 2.18. The summed E-state index contributed by atoms with van der Waals surface area (Å²) in [6.45, 7) is 0. The Morgan fingerprint density at radius 3 is 1.47 bits per heavy atom. The molecule has 0 spiro atoms. The molecule has 2 heterocycles. The Morgan fingerprint density at radius 2 is 0.765 bits per heavy atom. The van der Waals surface area contributed by atoms with E-state index in [0.29, 0.717) is 17.5 Å². The van der Waals surface area contributed by atoms with Crippen molar-refractivity contribution in [1.29, 1.82) is 0 Å². The number of hydrogen-bond donors (Lipinski definition) is 0. The van der Waals surface area contributed by atoms with Crippen molar-refractivity contribution in [1.82, 2.24) is 19.5 Å². The SMILES string of the molecule is c1ccc(-c2ccc(-c3nc(-c4ccc5ccccc5c4)nc(-c4cc(-n5c6ccccc6c6ccccc65)c5ccccc5c4)n3)cc2)cc1. The minimum atomic E-state index is 0.628. The molecule has 0 radical (unpaired) electrons. The van der Waals surface area contributed by atoms with Gasteiger partial charge < -0.3 is 4.57 Å². The molecule has 0 atom stereocenters. The molecule has 0 aliphatic rings. The molecule has 51 heavy (non-hydrogen) atoms. The van der Waals surface area contributed by atoms with E-state index in [-0.39, 0.29) is 0 Å². The molecule has 0 amide bonds. The smallest absolute Gasteiger partial charge is 0.164 e. The lowest BCUT2D eigenvalue weighted by atomic mass is 10.0. The van der Waals surface area contributed by atoms with E-state index < -0.39 is 0 Å². The Morgan fingerprint density at radius 1 is 0.294 bits per heavy atom. The quantitative estimate of drug-likeness (QED) is 0.186. The minimum absolute atomic E-state index is 0.628. The third-order valence-corrected chi connectivity index (χ3v) is 9.81. The molecule has 0 saturated carbocycles. The molecule has 238 valence electrons. The van der Waals surface area contributed by atoms with Gasteiger partial charge >= 0.3 is 0 Å². The maximum Gasteiger partial charge on any atom is 0.164 e. The molecule has 0 aliphatic carbocycles. The first-order valence-corrected chi connectivity index (χ1v) is 17.2. The van der Waals surface area contributed by atoms with Gasteiger partial charge in [-0.15, -0.1) is 0 Å². The average molecular weight is 651 g/mol. The molecule has 0 saturated heterocycles. The van der Waals surface area contributed by atoms with E-state index in [0.717, 1.165) is 55.1 Å². The Balaban J connectivity index is 1.21. The van der Waals surface area contributed by atoms with Crippen LogP contribution in [0.15, 0.2) is 182 Å². The maximum absolute atomic E-state index is 5.19. The summed E-state index contributed by atoms with van der Waals surface area (Å²) in [5.74, 6) is 1.90. The summed E-state index contributed by atoms with van der Waals surface area (Å²) < 4.78 is 2.38. The average Bonchev–Trinajstić information content (AvgIpc) is 3.54. The first kappa shape index (κ1) is 29.0. The third-order valence-electron chi connectivity index (χ3n) is 9.81. The van der Waals surface area contributed by atoms with Gasteiger partial charge in [-0.2, -0.15) is 0 Å². The van der Waals surface area contributed by atoms with Crippen LogP contribution in [0.4, 0.5) is 0 Å². The maximum atomic E-state index is 5.19. The lowest BCUT2D eigenvalue weighted by molar-refractivity contribution is 1.07. The second kappa shape index (κ2) is 11.9. The fourth-order valence-electron chi connectivity index (χ4n) is 7.32. The predicted octanol–water partition coefficient (Wildman–Crippen LogP) is 11.9. The molecule has 0 aliphatic heterocycles. The molecule has 0 bridgehead atoms. The van der Waals surface area contributed by atoms with Gasteiger partial charge in [-0.05, 0) is 57.6 Å². The van der Waals surface area contributed by atoms with Crippen molar-refractivity contribution in [2.45, 2.75) is 0 Å². The van der Waals surface area contributed by atoms with Gasteiger partial charge in [0.25, 0.3) is 0 Å². The Hall–Kier alpha value is -6.91. The molecule has 2 aromatic heterocycles. The van der Waals surface area contributed by atoms with Crippen LogP contribution in [0.25, 0.3) is 94.3 Å². The number of nitrogens with zero attached hydrogens (tertiary/aromatic N) is 4. The van der Waals surface area contributed by atoms with Gasteiger partial charge in [0, 0.05) is 32.8 Å². The summed E-state index contributed by atoms with van der Waals surface area (Å²) in [6, 6.07) is 64.0. The topological polar surface area (TPSA) is 43.6 Å². The van der Waals surface area contributed by atoms with Crippen molar-refractivity contribution >= 4 is 43.4 Å². The second-order valence-corrected chi connectivity index (χ2v) is 12.9. The van der Waals surface area contributed by atoms with E-state index in [1.54, 1.807) is 0 Å². The van der Waals surface area contributed by atoms with Crippen molar-refractivity contribution in [3.8, 4) is 51.0 Å². The van der Waals surface area contributed by atoms with Crippen molar-refractivity contribution in [2.24, 2.45) is 0 Å². The van der Waals surface area contributed by atoms with Crippen molar-refractivity contribution in [3.05, 3.63) is 182 Å². The largest absolute Gasteiger partial charge is 0.309 e. The van der Waals surface area contributed by atoms with Crippen LogP contribution in [0.2, 0.25) is 0 Å². The van der Waals surface area contributed by atoms with Crippen molar-refractivity contribution in [2.75, 3.05) is 0 Å². The number of fused-ring (bicyclic) bond motifs is 5. The van der Waals surface area contributed by atoms with Gasteiger partial charge in [-0.1, -0.05) is 152 Å². The zero-order valence-electron chi connectivity index (χ0n) is 27.6.